The maximum atomic E-state index is 12.1. The molecule has 1 fully saturated rings. The Morgan fingerprint density at radius 2 is 1.94 bits per heavy atom. The van der Waals surface area contributed by atoms with Crippen molar-refractivity contribution >= 4 is 5.91 Å². The summed E-state index contributed by atoms with van der Waals surface area (Å²) in [4.78, 5) is 16.3. The largest absolute Gasteiger partial charge is 0.321 e. The van der Waals surface area contributed by atoms with Crippen LogP contribution in [0.5, 0.6) is 0 Å². The minimum atomic E-state index is 0.190. The lowest BCUT2D eigenvalue weighted by atomic mass is 9.99. The van der Waals surface area contributed by atoms with Crippen LogP contribution in [0.3, 0.4) is 0 Å². The van der Waals surface area contributed by atoms with Gasteiger partial charge in [0.1, 0.15) is 0 Å². The molecule has 4 heteroatoms. The maximum Gasteiger partial charge on any atom is 0.238 e. The number of amides is 1. The summed E-state index contributed by atoms with van der Waals surface area (Å²) in [6, 6.07) is 0.292. The fraction of sp³-hybridized carbons (Fsp3) is 0.923. The Morgan fingerprint density at radius 3 is 2.35 bits per heavy atom. The van der Waals surface area contributed by atoms with Gasteiger partial charge in [-0.2, -0.15) is 0 Å². The maximum absolute atomic E-state index is 12.1. The van der Waals surface area contributed by atoms with Crippen molar-refractivity contribution in [3.05, 3.63) is 0 Å². The SMILES string of the molecule is CC(C)C(CN(C)C)N1C(=O)CNC1C(C)C. The molecule has 100 valence electrons. The van der Waals surface area contributed by atoms with E-state index >= 15 is 0 Å². The summed E-state index contributed by atoms with van der Waals surface area (Å²) in [6.45, 7) is 10.1. The molecular weight excluding hydrogens is 214 g/mol. The van der Waals surface area contributed by atoms with Crippen LogP contribution in [0.2, 0.25) is 0 Å². The molecule has 1 aliphatic rings. The van der Waals surface area contributed by atoms with E-state index in [1.807, 2.05) is 0 Å². The predicted molar refractivity (Wildman–Crippen MR) is 70.7 cm³/mol. The highest BCUT2D eigenvalue weighted by atomic mass is 16.2. The van der Waals surface area contributed by atoms with Crippen LogP contribution in [0.15, 0.2) is 0 Å². The summed E-state index contributed by atoms with van der Waals surface area (Å²) in [7, 11) is 4.13. The number of nitrogens with one attached hydrogen (secondary N) is 1. The molecule has 0 radical (unpaired) electrons. The van der Waals surface area contributed by atoms with Crippen LogP contribution < -0.4 is 5.32 Å². The van der Waals surface area contributed by atoms with Gasteiger partial charge in [-0.15, -0.1) is 0 Å². The smallest absolute Gasteiger partial charge is 0.238 e. The highest BCUT2D eigenvalue weighted by Gasteiger charge is 2.38. The van der Waals surface area contributed by atoms with E-state index in [1.165, 1.54) is 0 Å². The highest BCUT2D eigenvalue weighted by Crippen LogP contribution is 2.21. The Kier molecular flexibility index (Phi) is 4.95. The lowest BCUT2D eigenvalue weighted by Crippen LogP contribution is -2.53. The number of carbonyl (C=O) groups excluding carboxylic acids is 1. The highest BCUT2D eigenvalue weighted by molar-refractivity contribution is 5.81. The number of nitrogens with zero attached hydrogens (tertiary/aromatic N) is 2. The van der Waals surface area contributed by atoms with E-state index in [1.54, 1.807) is 0 Å². The number of carbonyl (C=O) groups is 1. The molecule has 1 rings (SSSR count). The van der Waals surface area contributed by atoms with Gasteiger partial charge in [0.15, 0.2) is 0 Å². The summed E-state index contributed by atoms with van der Waals surface area (Å²) in [5.74, 6) is 1.16. The van der Waals surface area contributed by atoms with E-state index in [-0.39, 0.29) is 12.1 Å². The van der Waals surface area contributed by atoms with Crippen LogP contribution in [0.1, 0.15) is 27.7 Å². The zero-order chi connectivity index (χ0) is 13.2. The Hall–Kier alpha value is -0.610. The van der Waals surface area contributed by atoms with Gasteiger partial charge in [0.25, 0.3) is 0 Å². The van der Waals surface area contributed by atoms with Crippen molar-refractivity contribution in [3.8, 4) is 0 Å². The molecule has 0 saturated carbocycles. The topological polar surface area (TPSA) is 35.6 Å². The van der Waals surface area contributed by atoms with Crippen molar-refractivity contribution in [2.45, 2.75) is 39.9 Å². The molecule has 0 bridgehead atoms. The Labute approximate surface area is 105 Å². The van der Waals surface area contributed by atoms with Gasteiger partial charge in [0, 0.05) is 12.6 Å². The van der Waals surface area contributed by atoms with Crippen LogP contribution in [-0.4, -0.2) is 55.1 Å². The molecule has 1 N–H and O–H groups in total. The van der Waals surface area contributed by atoms with Gasteiger partial charge in [-0.05, 0) is 25.9 Å². The Morgan fingerprint density at radius 1 is 1.35 bits per heavy atom. The molecule has 0 spiro atoms. The predicted octanol–water partition coefficient (Wildman–Crippen LogP) is 0.987. The lowest BCUT2D eigenvalue weighted by molar-refractivity contribution is -0.132. The van der Waals surface area contributed by atoms with Crippen molar-refractivity contribution in [2.75, 3.05) is 27.2 Å². The van der Waals surface area contributed by atoms with Crippen molar-refractivity contribution in [1.82, 2.24) is 15.1 Å². The van der Waals surface area contributed by atoms with E-state index in [9.17, 15) is 4.79 Å². The van der Waals surface area contributed by atoms with Crippen LogP contribution in [-0.2, 0) is 4.79 Å². The van der Waals surface area contributed by atoms with Crippen LogP contribution in [0.4, 0.5) is 0 Å². The molecule has 1 saturated heterocycles. The third-order valence-corrected chi connectivity index (χ3v) is 3.36. The molecule has 0 aromatic carbocycles. The summed E-state index contributed by atoms with van der Waals surface area (Å²) in [6.07, 6.45) is 0.190. The first-order valence-electron chi connectivity index (χ1n) is 6.53. The van der Waals surface area contributed by atoms with Crippen molar-refractivity contribution < 1.29 is 4.79 Å². The fourth-order valence-electron chi connectivity index (χ4n) is 2.48. The minimum absolute atomic E-state index is 0.190. The molecule has 1 heterocycles. The molecule has 1 aliphatic heterocycles. The third kappa shape index (κ3) is 3.42. The van der Waals surface area contributed by atoms with Crippen LogP contribution in [0.25, 0.3) is 0 Å². The molecule has 0 aromatic heterocycles. The first-order chi connectivity index (χ1) is 7.84. The molecule has 17 heavy (non-hydrogen) atoms. The summed E-state index contributed by atoms with van der Waals surface area (Å²) in [5.41, 5.74) is 0. The van der Waals surface area contributed by atoms with E-state index < -0.39 is 0 Å². The van der Waals surface area contributed by atoms with Crippen molar-refractivity contribution in [3.63, 3.8) is 0 Å². The third-order valence-electron chi connectivity index (χ3n) is 3.36. The number of likely N-dealkylation sites (N-methyl/N-ethyl adjacent to an activating group) is 1. The standard InChI is InChI=1S/C13H27N3O/c1-9(2)11(8-15(5)6)16-12(17)7-14-13(16)10(3)4/h9-11,13-14H,7-8H2,1-6H3. The molecule has 2 atom stereocenters. The number of rotatable bonds is 5. The van der Waals surface area contributed by atoms with Crippen LogP contribution in [0, 0.1) is 11.8 Å². The summed E-state index contributed by atoms with van der Waals surface area (Å²) in [5, 5.41) is 3.32. The fourth-order valence-corrected chi connectivity index (χ4v) is 2.48. The summed E-state index contributed by atoms with van der Waals surface area (Å²) < 4.78 is 0. The first-order valence-corrected chi connectivity index (χ1v) is 6.53. The van der Waals surface area contributed by atoms with E-state index in [2.05, 4.69) is 56.9 Å². The molecule has 4 nitrogen and oxygen atoms in total. The quantitative estimate of drug-likeness (QED) is 0.779. The minimum Gasteiger partial charge on any atom is -0.321 e. The molecule has 0 aliphatic carbocycles. The lowest BCUT2D eigenvalue weighted by Gasteiger charge is -2.38. The van der Waals surface area contributed by atoms with E-state index in [0.717, 1.165) is 6.54 Å². The Balaban J connectivity index is 2.86. The van der Waals surface area contributed by atoms with Crippen molar-refractivity contribution in [1.29, 1.82) is 0 Å². The van der Waals surface area contributed by atoms with Gasteiger partial charge in [-0.25, -0.2) is 0 Å². The molecule has 1 amide bonds. The van der Waals surface area contributed by atoms with Gasteiger partial charge < -0.3 is 9.80 Å². The Bertz CT molecular complexity index is 263. The van der Waals surface area contributed by atoms with E-state index in [0.29, 0.717) is 24.4 Å². The number of hydrogen-bond acceptors (Lipinski definition) is 3. The molecule has 2 unspecified atom stereocenters. The zero-order valence-electron chi connectivity index (χ0n) is 12.0. The van der Waals surface area contributed by atoms with Crippen molar-refractivity contribution in [2.24, 2.45) is 11.8 Å². The van der Waals surface area contributed by atoms with Crippen LogP contribution >= 0.6 is 0 Å². The van der Waals surface area contributed by atoms with Gasteiger partial charge >= 0.3 is 0 Å². The average molecular weight is 241 g/mol. The zero-order valence-corrected chi connectivity index (χ0v) is 12.0. The second kappa shape index (κ2) is 5.83. The van der Waals surface area contributed by atoms with Gasteiger partial charge in [0.2, 0.25) is 5.91 Å². The second-order valence-electron chi connectivity index (χ2n) is 5.94. The molecule has 0 aromatic rings. The average Bonchev–Trinajstić information content (AvgIpc) is 2.56. The number of hydrogen-bond donors (Lipinski definition) is 1. The first kappa shape index (κ1) is 14.5. The van der Waals surface area contributed by atoms with Gasteiger partial charge in [-0.1, -0.05) is 27.7 Å². The second-order valence-corrected chi connectivity index (χ2v) is 5.94. The normalized spacial score (nSPS) is 23.2. The van der Waals surface area contributed by atoms with E-state index in [4.69, 9.17) is 0 Å². The summed E-state index contributed by atoms with van der Waals surface area (Å²) >= 11 is 0. The molecular formula is C13H27N3O. The monoisotopic (exact) mass is 241 g/mol. The van der Waals surface area contributed by atoms with Gasteiger partial charge in [-0.3, -0.25) is 10.1 Å². The van der Waals surface area contributed by atoms with Gasteiger partial charge in [0.05, 0.1) is 12.7 Å².